The third-order valence-electron chi connectivity index (χ3n) is 3.62. The number of halogens is 1. The highest BCUT2D eigenvalue weighted by Gasteiger charge is 2.21. The van der Waals surface area contributed by atoms with E-state index in [0.717, 1.165) is 10.9 Å². The molecular weight excluding hydrogens is 336 g/mol. The molecule has 1 heterocycles. The smallest absolute Gasteiger partial charge is 0.239 e. The molecule has 23 heavy (non-hydrogen) atoms. The quantitative estimate of drug-likeness (QED) is 0.712. The standard InChI is InChI=1S/C16H13ClN2O3S/c1-9-15(11-4-2-3-5-13(11)19-9)16(20)10-6-7-12(17)14(8-10)23(18,21)22/h2-8,19H,1H3,(H2,18,21,22). The molecule has 118 valence electrons. The zero-order valence-electron chi connectivity index (χ0n) is 12.1. The van der Waals surface area contributed by atoms with Crippen LogP contribution in [0, 0.1) is 6.92 Å². The molecule has 0 aliphatic heterocycles. The van der Waals surface area contributed by atoms with Gasteiger partial charge in [0.1, 0.15) is 4.90 Å². The van der Waals surface area contributed by atoms with E-state index in [4.69, 9.17) is 16.7 Å². The predicted molar refractivity (Wildman–Crippen MR) is 89.3 cm³/mol. The molecule has 2 aromatic carbocycles. The van der Waals surface area contributed by atoms with Crippen molar-refractivity contribution >= 4 is 38.3 Å². The van der Waals surface area contributed by atoms with Crippen LogP contribution < -0.4 is 5.14 Å². The van der Waals surface area contributed by atoms with Crippen molar-refractivity contribution in [1.82, 2.24) is 4.98 Å². The van der Waals surface area contributed by atoms with Crippen LogP contribution in [0.4, 0.5) is 0 Å². The number of carbonyl (C=O) groups excluding carboxylic acids is 1. The molecule has 7 heteroatoms. The number of carbonyl (C=O) groups is 1. The molecule has 0 aliphatic rings. The lowest BCUT2D eigenvalue weighted by atomic mass is 10.0. The second kappa shape index (κ2) is 5.49. The molecule has 0 aliphatic carbocycles. The zero-order valence-corrected chi connectivity index (χ0v) is 13.7. The Morgan fingerprint density at radius 3 is 2.57 bits per heavy atom. The second-order valence-corrected chi connectivity index (χ2v) is 7.13. The summed E-state index contributed by atoms with van der Waals surface area (Å²) >= 11 is 5.86. The first kappa shape index (κ1) is 15.7. The maximum absolute atomic E-state index is 12.8. The van der Waals surface area contributed by atoms with Gasteiger partial charge in [-0.05, 0) is 31.2 Å². The molecule has 3 aromatic rings. The number of nitrogens with one attached hydrogen (secondary N) is 1. The van der Waals surface area contributed by atoms with Crippen LogP contribution in [0.25, 0.3) is 10.9 Å². The van der Waals surface area contributed by atoms with Crippen molar-refractivity contribution in [2.24, 2.45) is 5.14 Å². The number of aromatic nitrogens is 1. The molecule has 1 aromatic heterocycles. The van der Waals surface area contributed by atoms with Gasteiger partial charge < -0.3 is 4.98 Å². The molecule has 0 saturated heterocycles. The number of para-hydroxylation sites is 1. The normalized spacial score (nSPS) is 11.8. The minimum Gasteiger partial charge on any atom is -0.358 e. The van der Waals surface area contributed by atoms with Crippen molar-refractivity contribution in [3.05, 3.63) is 64.3 Å². The van der Waals surface area contributed by atoms with E-state index in [2.05, 4.69) is 4.98 Å². The number of sulfonamides is 1. The van der Waals surface area contributed by atoms with Crippen molar-refractivity contribution in [2.45, 2.75) is 11.8 Å². The van der Waals surface area contributed by atoms with Gasteiger partial charge in [0.2, 0.25) is 10.0 Å². The van der Waals surface area contributed by atoms with Crippen LogP contribution in [0.3, 0.4) is 0 Å². The average Bonchev–Trinajstić information content (AvgIpc) is 2.81. The van der Waals surface area contributed by atoms with E-state index in [9.17, 15) is 13.2 Å². The molecule has 3 rings (SSSR count). The molecule has 0 atom stereocenters. The average molecular weight is 349 g/mol. The number of aromatic amines is 1. The number of H-pyrrole nitrogens is 1. The van der Waals surface area contributed by atoms with Gasteiger partial charge in [-0.25, -0.2) is 13.6 Å². The van der Waals surface area contributed by atoms with Crippen molar-refractivity contribution < 1.29 is 13.2 Å². The minimum atomic E-state index is -4.00. The molecule has 0 amide bonds. The van der Waals surface area contributed by atoms with Crippen LogP contribution >= 0.6 is 11.6 Å². The highest BCUT2D eigenvalue weighted by atomic mass is 35.5. The Kier molecular flexibility index (Phi) is 3.75. The van der Waals surface area contributed by atoms with Crippen LogP contribution in [-0.4, -0.2) is 19.2 Å². The van der Waals surface area contributed by atoms with Crippen molar-refractivity contribution in [1.29, 1.82) is 0 Å². The van der Waals surface area contributed by atoms with Gasteiger partial charge in [-0.15, -0.1) is 0 Å². The van der Waals surface area contributed by atoms with Gasteiger partial charge in [0.15, 0.2) is 5.78 Å². The van der Waals surface area contributed by atoms with E-state index < -0.39 is 10.0 Å². The van der Waals surface area contributed by atoms with E-state index in [1.807, 2.05) is 24.3 Å². The van der Waals surface area contributed by atoms with E-state index in [0.29, 0.717) is 11.3 Å². The summed E-state index contributed by atoms with van der Waals surface area (Å²) in [5, 5.41) is 5.90. The Balaban J connectivity index is 2.19. The summed E-state index contributed by atoms with van der Waals surface area (Å²) in [7, 11) is -4.00. The molecule has 0 spiro atoms. The first-order valence-electron chi connectivity index (χ1n) is 6.73. The van der Waals surface area contributed by atoms with Gasteiger partial charge >= 0.3 is 0 Å². The number of primary sulfonamides is 1. The van der Waals surface area contributed by atoms with E-state index >= 15 is 0 Å². The lowest BCUT2D eigenvalue weighted by Crippen LogP contribution is -2.14. The van der Waals surface area contributed by atoms with Crippen molar-refractivity contribution in [3.8, 4) is 0 Å². The maximum atomic E-state index is 12.8. The molecule has 0 fully saturated rings. The maximum Gasteiger partial charge on any atom is 0.239 e. The van der Waals surface area contributed by atoms with Crippen LogP contribution in [-0.2, 0) is 10.0 Å². The van der Waals surface area contributed by atoms with Crippen LogP contribution in [0.1, 0.15) is 21.6 Å². The monoisotopic (exact) mass is 348 g/mol. The molecule has 0 saturated carbocycles. The molecular formula is C16H13ClN2O3S. The predicted octanol–water partition coefficient (Wildman–Crippen LogP) is 3.01. The Bertz CT molecular complexity index is 1040. The fourth-order valence-corrected chi connectivity index (χ4v) is 3.65. The summed E-state index contributed by atoms with van der Waals surface area (Å²) in [6.07, 6.45) is 0. The Morgan fingerprint density at radius 1 is 1.17 bits per heavy atom. The number of nitrogens with two attached hydrogens (primary N) is 1. The summed E-state index contributed by atoms with van der Waals surface area (Å²) in [6, 6.07) is 11.5. The lowest BCUT2D eigenvalue weighted by Gasteiger charge is -2.06. The van der Waals surface area contributed by atoms with Gasteiger partial charge in [-0.2, -0.15) is 0 Å². The third-order valence-corrected chi connectivity index (χ3v) is 5.01. The fraction of sp³-hybridized carbons (Fsp3) is 0.0625. The summed E-state index contributed by atoms with van der Waals surface area (Å²) in [4.78, 5) is 15.7. The highest BCUT2D eigenvalue weighted by molar-refractivity contribution is 7.89. The lowest BCUT2D eigenvalue weighted by molar-refractivity contribution is 0.103. The van der Waals surface area contributed by atoms with E-state index in [1.165, 1.54) is 18.2 Å². The number of hydrogen-bond acceptors (Lipinski definition) is 3. The number of rotatable bonds is 3. The SMILES string of the molecule is Cc1[nH]c2ccccc2c1C(=O)c1ccc(Cl)c(S(N)(=O)=O)c1. The molecule has 0 bridgehead atoms. The molecule has 5 nitrogen and oxygen atoms in total. The van der Waals surface area contributed by atoms with Crippen molar-refractivity contribution in [3.63, 3.8) is 0 Å². The highest BCUT2D eigenvalue weighted by Crippen LogP contribution is 2.27. The molecule has 3 N–H and O–H groups in total. The van der Waals surface area contributed by atoms with Gasteiger partial charge in [0.05, 0.1) is 10.6 Å². The summed E-state index contributed by atoms with van der Waals surface area (Å²) in [5.74, 6) is -0.290. The zero-order chi connectivity index (χ0) is 16.8. The van der Waals surface area contributed by atoms with Gasteiger partial charge in [-0.1, -0.05) is 29.8 Å². The first-order chi connectivity index (χ1) is 10.8. The largest absolute Gasteiger partial charge is 0.358 e. The van der Waals surface area contributed by atoms with Crippen molar-refractivity contribution in [2.75, 3.05) is 0 Å². The fourth-order valence-electron chi connectivity index (χ4n) is 2.58. The van der Waals surface area contributed by atoms with Gasteiger partial charge in [-0.3, -0.25) is 4.79 Å². The third kappa shape index (κ3) is 2.76. The number of benzene rings is 2. The second-order valence-electron chi connectivity index (χ2n) is 5.19. The van der Waals surface area contributed by atoms with Crippen LogP contribution in [0.5, 0.6) is 0 Å². The topological polar surface area (TPSA) is 93.0 Å². The van der Waals surface area contributed by atoms with Crippen LogP contribution in [0.15, 0.2) is 47.4 Å². The number of fused-ring (bicyclic) bond motifs is 1. The molecule has 0 unspecified atom stereocenters. The molecule has 0 radical (unpaired) electrons. The van der Waals surface area contributed by atoms with Crippen LogP contribution in [0.2, 0.25) is 5.02 Å². The van der Waals surface area contributed by atoms with Gasteiger partial charge in [0.25, 0.3) is 0 Å². The number of hydrogen-bond donors (Lipinski definition) is 2. The first-order valence-corrected chi connectivity index (χ1v) is 8.66. The van der Waals surface area contributed by atoms with E-state index in [1.54, 1.807) is 6.92 Å². The summed E-state index contributed by atoms with van der Waals surface area (Å²) in [6.45, 7) is 1.80. The van der Waals surface area contributed by atoms with E-state index in [-0.39, 0.29) is 21.3 Å². The summed E-state index contributed by atoms with van der Waals surface area (Å²) in [5.41, 5.74) is 2.27. The summed E-state index contributed by atoms with van der Waals surface area (Å²) < 4.78 is 23.1. The number of aryl methyl sites for hydroxylation is 1. The minimum absolute atomic E-state index is 0.0142. The Labute approximate surface area is 138 Å². The number of ketones is 1. The van der Waals surface area contributed by atoms with Gasteiger partial charge in [0, 0.05) is 22.2 Å². The Morgan fingerprint density at radius 2 is 1.87 bits per heavy atom. The Hall–Kier alpha value is -2.15.